The van der Waals surface area contributed by atoms with Gasteiger partial charge in [0.1, 0.15) is 5.58 Å². The second kappa shape index (κ2) is 16.8. The summed E-state index contributed by atoms with van der Waals surface area (Å²) in [6.07, 6.45) is 0. The monoisotopic (exact) mass is 958 g/mol. The summed E-state index contributed by atoms with van der Waals surface area (Å²) in [6, 6.07) is 62.4. The van der Waals surface area contributed by atoms with Gasteiger partial charge >= 0.3 is 0 Å². The summed E-state index contributed by atoms with van der Waals surface area (Å²) in [5, 5.41) is 2.25. The summed E-state index contributed by atoms with van der Waals surface area (Å²) in [5.74, 6) is 0. The van der Waals surface area contributed by atoms with Gasteiger partial charge in [0.2, 0.25) is 0 Å². The molecule has 5 heteroatoms. The topological polar surface area (TPSA) is 22.9 Å². The van der Waals surface area contributed by atoms with Crippen molar-refractivity contribution < 1.29 is 4.42 Å². The van der Waals surface area contributed by atoms with Crippen molar-refractivity contribution in [3.63, 3.8) is 0 Å². The molecule has 0 spiro atoms. The van der Waals surface area contributed by atoms with Gasteiger partial charge in [-0.2, -0.15) is 0 Å². The van der Waals surface area contributed by atoms with Crippen LogP contribution in [0.5, 0.6) is 0 Å². The molecule has 4 nitrogen and oxygen atoms in total. The maximum atomic E-state index is 7.38. The molecule has 2 aliphatic rings. The van der Waals surface area contributed by atoms with E-state index >= 15 is 0 Å². The van der Waals surface area contributed by atoms with Crippen molar-refractivity contribution in [2.24, 2.45) is 0 Å². The van der Waals surface area contributed by atoms with Crippen molar-refractivity contribution in [2.45, 2.75) is 131 Å². The van der Waals surface area contributed by atoms with Gasteiger partial charge in [-0.15, -0.1) is 0 Å². The second-order valence-electron chi connectivity index (χ2n) is 26.0. The minimum Gasteiger partial charge on any atom is -0.454 e. The van der Waals surface area contributed by atoms with Crippen LogP contribution in [-0.4, -0.2) is 6.71 Å². The summed E-state index contributed by atoms with van der Waals surface area (Å²) in [4.78, 5) is 7.52. The number of para-hydroxylation sites is 1. The summed E-state index contributed by atoms with van der Waals surface area (Å²) in [7, 11) is 0. The Morgan fingerprint density at radius 2 is 0.808 bits per heavy atom. The molecule has 0 saturated heterocycles. The standard InChI is InChI=1S/C68H72BN3O/c1-64(2,3)43-23-32-48(33-24-43)70(49-34-25-44(26-35-49)65(4,5)6)58-42-57-62(60-52-19-16-17-22-59(52)73-63(58)60)69-53-41-47(68(13,14)15)31-40-54(53)71(50-36-27-45(28-37-50)66(7,8)9)55-20-18-21-56(61(55)69)72(57)51-38-29-46(30-39-51)67(10,11)12/h16-42H,1-15H3. The zero-order valence-electron chi connectivity index (χ0n) is 45.9. The van der Waals surface area contributed by atoms with Gasteiger partial charge in [-0.25, -0.2) is 0 Å². The van der Waals surface area contributed by atoms with E-state index in [9.17, 15) is 0 Å². The third kappa shape index (κ3) is 8.24. The average Bonchev–Trinajstić information content (AvgIpc) is 3.73. The van der Waals surface area contributed by atoms with E-state index in [0.29, 0.717) is 0 Å². The molecule has 0 amide bonds. The average molecular weight is 958 g/mol. The van der Waals surface area contributed by atoms with Gasteiger partial charge in [-0.1, -0.05) is 189 Å². The highest BCUT2D eigenvalue weighted by molar-refractivity contribution is 7.02. The molecule has 0 N–H and O–H groups in total. The van der Waals surface area contributed by atoms with E-state index < -0.39 is 0 Å². The maximum Gasteiger partial charge on any atom is 0.253 e. The first-order valence-electron chi connectivity index (χ1n) is 26.5. The Morgan fingerprint density at radius 3 is 1.27 bits per heavy atom. The van der Waals surface area contributed by atoms with Gasteiger partial charge in [-0.3, -0.25) is 0 Å². The van der Waals surface area contributed by atoms with Crippen LogP contribution in [0.25, 0.3) is 21.9 Å². The van der Waals surface area contributed by atoms with Crippen molar-refractivity contribution in [1.82, 2.24) is 0 Å². The van der Waals surface area contributed by atoms with E-state index in [4.69, 9.17) is 4.42 Å². The molecule has 9 aromatic rings. The molecule has 368 valence electrons. The number of anilines is 9. The lowest BCUT2D eigenvalue weighted by atomic mass is 9.32. The molecule has 3 heterocycles. The van der Waals surface area contributed by atoms with Crippen molar-refractivity contribution in [2.75, 3.05) is 14.7 Å². The van der Waals surface area contributed by atoms with E-state index in [1.165, 1.54) is 61.3 Å². The predicted molar refractivity (Wildman–Crippen MR) is 316 cm³/mol. The van der Waals surface area contributed by atoms with Crippen LogP contribution in [0.4, 0.5) is 51.2 Å². The van der Waals surface area contributed by atoms with E-state index in [0.717, 1.165) is 56.1 Å². The lowest BCUT2D eigenvalue weighted by Gasteiger charge is -2.45. The van der Waals surface area contributed by atoms with Gasteiger partial charge < -0.3 is 19.1 Å². The molecule has 2 aliphatic heterocycles. The molecule has 73 heavy (non-hydrogen) atoms. The molecular weight excluding hydrogens is 886 g/mol. The highest BCUT2D eigenvalue weighted by Crippen LogP contribution is 2.51. The Kier molecular flexibility index (Phi) is 11.1. The van der Waals surface area contributed by atoms with Gasteiger partial charge in [0.05, 0.1) is 5.69 Å². The zero-order valence-corrected chi connectivity index (χ0v) is 45.9. The third-order valence-corrected chi connectivity index (χ3v) is 15.7. The van der Waals surface area contributed by atoms with Crippen LogP contribution < -0.4 is 31.1 Å². The van der Waals surface area contributed by atoms with E-state index in [1.807, 2.05) is 0 Å². The molecule has 0 aliphatic carbocycles. The number of benzene rings is 8. The van der Waals surface area contributed by atoms with E-state index in [1.54, 1.807) is 0 Å². The highest BCUT2D eigenvalue weighted by Gasteiger charge is 2.46. The van der Waals surface area contributed by atoms with Crippen LogP contribution in [0.15, 0.2) is 168 Å². The first-order chi connectivity index (χ1) is 34.4. The van der Waals surface area contributed by atoms with E-state index in [2.05, 4.69) is 282 Å². The Balaban J connectivity index is 1.28. The molecule has 0 bridgehead atoms. The SMILES string of the molecule is CC(C)(C)c1ccc(N2c3ccc(C(C)(C)C)cc3B3c4c2cccc4N(c2ccc(C(C)(C)C)cc2)c2cc(N(c4ccc(C(C)(C)C)cc4)c4ccc(C(C)(C)C)cc4)c4oc5ccccc5c4c23)cc1. The van der Waals surface area contributed by atoms with Crippen LogP contribution in [0.2, 0.25) is 0 Å². The van der Waals surface area contributed by atoms with E-state index in [-0.39, 0.29) is 33.8 Å². The smallest absolute Gasteiger partial charge is 0.253 e. The molecule has 0 unspecified atom stereocenters. The summed E-state index contributed by atoms with van der Waals surface area (Å²) in [6.45, 7) is 34.4. The van der Waals surface area contributed by atoms with Crippen LogP contribution >= 0.6 is 0 Å². The van der Waals surface area contributed by atoms with Crippen molar-refractivity contribution >= 4 is 96.2 Å². The quantitative estimate of drug-likeness (QED) is 0.160. The fraction of sp³-hybridized carbons (Fsp3) is 0.294. The number of hydrogen-bond donors (Lipinski definition) is 0. The zero-order chi connectivity index (χ0) is 51.7. The predicted octanol–water partition coefficient (Wildman–Crippen LogP) is 17.6. The van der Waals surface area contributed by atoms with Crippen LogP contribution in [0, 0.1) is 0 Å². The van der Waals surface area contributed by atoms with Crippen molar-refractivity contribution in [1.29, 1.82) is 0 Å². The number of rotatable bonds is 5. The van der Waals surface area contributed by atoms with Crippen LogP contribution in [0.1, 0.15) is 132 Å². The largest absolute Gasteiger partial charge is 0.454 e. The highest BCUT2D eigenvalue weighted by atomic mass is 16.3. The van der Waals surface area contributed by atoms with Crippen LogP contribution in [0.3, 0.4) is 0 Å². The molecule has 0 saturated carbocycles. The number of hydrogen-bond acceptors (Lipinski definition) is 4. The third-order valence-electron chi connectivity index (χ3n) is 15.7. The number of fused-ring (bicyclic) bond motifs is 8. The second-order valence-corrected chi connectivity index (χ2v) is 26.0. The Bertz CT molecular complexity index is 3510. The molecular formula is C68H72BN3O. The van der Waals surface area contributed by atoms with Gasteiger partial charge in [0.25, 0.3) is 6.71 Å². The fourth-order valence-corrected chi connectivity index (χ4v) is 11.4. The Hall–Kier alpha value is -6.98. The Morgan fingerprint density at radius 1 is 0.384 bits per heavy atom. The van der Waals surface area contributed by atoms with Crippen molar-refractivity contribution in [3.8, 4) is 0 Å². The summed E-state index contributed by atoms with van der Waals surface area (Å²) < 4.78 is 7.38. The van der Waals surface area contributed by atoms with Gasteiger partial charge in [0, 0.05) is 56.3 Å². The number of nitrogens with zero attached hydrogens (tertiary/aromatic N) is 3. The van der Waals surface area contributed by atoms with Gasteiger partial charge in [-0.05, 0) is 150 Å². The van der Waals surface area contributed by atoms with Crippen LogP contribution in [-0.2, 0) is 27.1 Å². The molecule has 0 atom stereocenters. The molecule has 1 aromatic heterocycles. The molecule has 0 fully saturated rings. The number of furan rings is 1. The summed E-state index contributed by atoms with van der Waals surface area (Å²) in [5.41, 5.74) is 22.2. The minimum atomic E-state index is -0.128. The van der Waals surface area contributed by atoms with Crippen molar-refractivity contribution in [3.05, 3.63) is 192 Å². The lowest BCUT2D eigenvalue weighted by Crippen LogP contribution is -2.61. The fourth-order valence-electron chi connectivity index (χ4n) is 11.4. The molecule has 11 rings (SSSR count). The first kappa shape index (κ1) is 48.3. The summed E-state index contributed by atoms with van der Waals surface area (Å²) >= 11 is 0. The molecule has 0 radical (unpaired) electrons. The molecule has 8 aromatic carbocycles. The first-order valence-corrected chi connectivity index (χ1v) is 26.5. The maximum absolute atomic E-state index is 7.38. The van der Waals surface area contributed by atoms with Gasteiger partial charge in [0.15, 0.2) is 5.58 Å². The minimum absolute atomic E-state index is 0.000572. The normalized spacial score (nSPS) is 13.9. The lowest BCUT2D eigenvalue weighted by molar-refractivity contribution is 0.590. The Labute approximate surface area is 435 Å².